The summed E-state index contributed by atoms with van der Waals surface area (Å²) in [6.45, 7) is 0. The third-order valence-electron chi connectivity index (χ3n) is 1.80. The number of para-hydroxylation sites is 1. The summed E-state index contributed by atoms with van der Waals surface area (Å²) in [5, 5.41) is 3.05. The SMILES string of the molecule is CNc1cccc2[nH]c(N)nc12. The number of aromatic amines is 1. The van der Waals surface area contributed by atoms with Crippen LogP contribution in [0.1, 0.15) is 0 Å². The van der Waals surface area contributed by atoms with Crippen LogP contribution >= 0.6 is 0 Å². The molecule has 4 heteroatoms. The molecule has 0 unspecified atom stereocenters. The maximum atomic E-state index is 5.52. The summed E-state index contributed by atoms with van der Waals surface area (Å²) >= 11 is 0. The van der Waals surface area contributed by atoms with Gasteiger partial charge in [0.05, 0.1) is 11.2 Å². The number of nitrogen functional groups attached to an aromatic ring is 1. The minimum absolute atomic E-state index is 0.452. The standard InChI is InChI=1S/C8H10N4/c1-10-5-3-2-4-6-7(5)12-8(9)11-6/h2-4,10H,1H3,(H3,9,11,12). The van der Waals surface area contributed by atoms with Crippen molar-refractivity contribution in [3.05, 3.63) is 18.2 Å². The minimum atomic E-state index is 0.452. The molecule has 62 valence electrons. The van der Waals surface area contributed by atoms with Gasteiger partial charge in [-0.3, -0.25) is 0 Å². The number of imidazole rings is 1. The van der Waals surface area contributed by atoms with Crippen molar-refractivity contribution >= 4 is 22.7 Å². The maximum absolute atomic E-state index is 5.52. The fraction of sp³-hybridized carbons (Fsp3) is 0.125. The van der Waals surface area contributed by atoms with E-state index >= 15 is 0 Å². The molecule has 0 spiro atoms. The van der Waals surface area contributed by atoms with Crippen LogP contribution in [0.4, 0.5) is 11.6 Å². The number of rotatable bonds is 1. The van der Waals surface area contributed by atoms with Crippen molar-refractivity contribution in [3.8, 4) is 0 Å². The molecule has 12 heavy (non-hydrogen) atoms. The van der Waals surface area contributed by atoms with Crippen molar-refractivity contribution in [1.82, 2.24) is 9.97 Å². The van der Waals surface area contributed by atoms with E-state index in [4.69, 9.17) is 5.73 Å². The highest BCUT2D eigenvalue weighted by molar-refractivity contribution is 5.89. The number of nitrogens with one attached hydrogen (secondary N) is 2. The van der Waals surface area contributed by atoms with Crippen molar-refractivity contribution in [3.63, 3.8) is 0 Å². The second kappa shape index (κ2) is 2.41. The molecule has 4 nitrogen and oxygen atoms in total. The highest BCUT2D eigenvalue weighted by atomic mass is 15.0. The molecular formula is C8H10N4. The first kappa shape index (κ1) is 6.97. The Labute approximate surface area is 69.8 Å². The Morgan fingerprint density at radius 2 is 2.33 bits per heavy atom. The lowest BCUT2D eigenvalue weighted by molar-refractivity contribution is 1.35. The van der Waals surface area contributed by atoms with Crippen molar-refractivity contribution in [1.29, 1.82) is 0 Å². The fourth-order valence-corrected chi connectivity index (χ4v) is 1.25. The first-order valence-corrected chi connectivity index (χ1v) is 3.73. The lowest BCUT2D eigenvalue weighted by atomic mass is 10.3. The van der Waals surface area contributed by atoms with Crippen LogP contribution in [0.3, 0.4) is 0 Å². The molecule has 2 rings (SSSR count). The smallest absolute Gasteiger partial charge is 0.198 e. The van der Waals surface area contributed by atoms with Gasteiger partial charge in [0.25, 0.3) is 0 Å². The summed E-state index contributed by atoms with van der Waals surface area (Å²) in [6.07, 6.45) is 0. The molecule has 0 atom stereocenters. The van der Waals surface area contributed by atoms with Crippen molar-refractivity contribution in [2.75, 3.05) is 18.1 Å². The lowest BCUT2D eigenvalue weighted by Gasteiger charge is -1.98. The van der Waals surface area contributed by atoms with Gasteiger partial charge < -0.3 is 16.0 Å². The van der Waals surface area contributed by atoms with Crippen molar-refractivity contribution in [2.45, 2.75) is 0 Å². The van der Waals surface area contributed by atoms with Crippen LogP contribution in [0, 0.1) is 0 Å². The summed E-state index contributed by atoms with van der Waals surface area (Å²) in [5.41, 5.74) is 8.35. The van der Waals surface area contributed by atoms with Gasteiger partial charge in [-0.25, -0.2) is 4.98 Å². The van der Waals surface area contributed by atoms with Crippen LogP contribution < -0.4 is 11.1 Å². The molecule has 0 radical (unpaired) electrons. The largest absolute Gasteiger partial charge is 0.386 e. The Morgan fingerprint density at radius 3 is 3.08 bits per heavy atom. The number of nitrogens with two attached hydrogens (primary N) is 1. The maximum Gasteiger partial charge on any atom is 0.198 e. The van der Waals surface area contributed by atoms with E-state index in [0.717, 1.165) is 16.7 Å². The van der Waals surface area contributed by atoms with Gasteiger partial charge in [0.2, 0.25) is 0 Å². The van der Waals surface area contributed by atoms with E-state index in [1.165, 1.54) is 0 Å². The summed E-state index contributed by atoms with van der Waals surface area (Å²) in [7, 11) is 1.86. The quantitative estimate of drug-likeness (QED) is 0.590. The first-order valence-electron chi connectivity index (χ1n) is 3.73. The van der Waals surface area contributed by atoms with E-state index in [0.29, 0.717) is 5.95 Å². The van der Waals surface area contributed by atoms with Crippen LogP contribution in [0.25, 0.3) is 11.0 Å². The molecule has 0 fully saturated rings. The molecule has 0 aliphatic carbocycles. The van der Waals surface area contributed by atoms with Crippen LogP contribution in [0.15, 0.2) is 18.2 Å². The van der Waals surface area contributed by atoms with E-state index in [-0.39, 0.29) is 0 Å². The predicted molar refractivity (Wildman–Crippen MR) is 50.1 cm³/mol. The predicted octanol–water partition coefficient (Wildman–Crippen LogP) is 1.19. The van der Waals surface area contributed by atoms with Gasteiger partial charge in [-0.1, -0.05) is 6.07 Å². The third kappa shape index (κ3) is 0.887. The van der Waals surface area contributed by atoms with E-state index < -0.39 is 0 Å². The van der Waals surface area contributed by atoms with Gasteiger partial charge in [-0.2, -0.15) is 0 Å². The molecule has 0 saturated heterocycles. The number of aromatic nitrogens is 2. The Hall–Kier alpha value is -1.71. The van der Waals surface area contributed by atoms with Crippen LogP contribution in [0.2, 0.25) is 0 Å². The number of fused-ring (bicyclic) bond motifs is 1. The number of hydrogen-bond acceptors (Lipinski definition) is 3. The van der Waals surface area contributed by atoms with Crippen molar-refractivity contribution < 1.29 is 0 Å². The average molecular weight is 162 g/mol. The molecule has 0 bridgehead atoms. The monoisotopic (exact) mass is 162 g/mol. The number of benzene rings is 1. The Bertz CT molecular complexity index is 404. The normalized spacial score (nSPS) is 10.4. The molecule has 0 saturated carbocycles. The van der Waals surface area contributed by atoms with E-state index in [9.17, 15) is 0 Å². The summed E-state index contributed by atoms with van der Waals surface area (Å²) in [5.74, 6) is 0.452. The number of nitrogens with zero attached hydrogens (tertiary/aromatic N) is 1. The highest BCUT2D eigenvalue weighted by Gasteiger charge is 2.02. The molecule has 1 aromatic carbocycles. The topological polar surface area (TPSA) is 66.7 Å². The number of H-pyrrole nitrogens is 1. The molecule has 1 aromatic heterocycles. The Kier molecular flexibility index (Phi) is 1.40. The first-order chi connectivity index (χ1) is 5.81. The zero-order valence-electron chi connectivity index (χ0n) is 6.76. The van der Waals surface area contributed by atoms with E-state index in [1.807, 2.05) is 25.2 Å². The van der Waals surface area contributed by atoms with Crippen molar-refractivity contribution in [2.24, 2.45) is 0 Å². The van der Waals surface area contributed by atoms with Crippen LogP contribution in [-0.4, -0.2) is 17.0 Å². The second-order valence-corrected chi connectivity index (χ2v) is 2.57. The summed E-state index contributed by atoms with van der Waals surface area (Å²) < 4.78 is 0. The molecule has 0 amide bonds. The van der Waals surface area contributed by atoms with Crippen LogP contribution in [-0.2, 0) is 0 Å². The third-order valence-corrected chi connectivity index (χ3v) is 1.80. The fourth-order valence-electron chi connectivity index (χ4n) is 1.25. The second-order valence-electron chi connectivity index (χ2n) is 2.57. The van der Waals surface area contributed by atoms with Gasteiger partial charge in [0, 0.05) is 7.05 Å². The molecule has 0 aliphatic heterocycles. The lowest BCUT2D eigenvalue weighted by Crippen LogP contribution is -1.88. The number of anilines is 2. The van der Waals surface area contributed by atoms with Gasteiger partial charge in [-0.05, 0) is 12.1 Å². The van der Waals surface area contributed by atoms with Gasteiger partial charge >= 0.3 is 0 Å². The zero-order valence-corrected chi connectivity index (χ0v) is 6.76. The average Bonchev–Trinajstić information content (AvgIpc) is 2.44. The summed E-state index contributed by atoms with van der Waals surface area (Å²) in [6, 6.07) is 5.86. The van der Waals surface area contributed by atoms with Crippen LogP contribution in [0.5, 0.6) is 0 Å². The summed E-state index contributed by atoms with van der Waals surface area (Å²) in [4.78, 5) is 7.10. The highest BCUT2D eigenvalue weighted by Crippen LogP contribution is 2.20. The molecule has 1 heterocycles. The minimum Gasteiger partial charge on any atom is -0.386 e. The number of hydrogen-bond donors (Lipinski definition) is 3. The Morgan fingerprint density at radius 1 is 1.50 bits per heavy atom. The Balaban J connectivity index is 2.78. The molecule has 4 N–H and O–H groups in total. The van der Waals surface area contributed by atoms with Gasteiger partial charge in [0.15, 0.2) is 5.95 Å². The van der Waals surface area contributed by atoms with E-state index in [2.05, 4.69) is 15.3 Å². The molecule has 0 aliphatic rings. The van der Waals surface area contributed by atoms with Gasteiger partial charge in [-0.15, -0.1) is 0 Å². The van der Waals surface area contributed by atoms with E-state index in [1.54, 1.807) is 0 Å². The molecular weight excluding hydrogens is 152 g/mol. The van der Waals surface area contributed by atoms with Gasteiger partial charge in [0.1, 0.15) is 5.52 Å². The zero-order chi connectivity index (χ0) is 8.55. The molecule has 2 aromatic rings.